The van der Waals surface area contributed by atoms with Gasteiger partial charge in [0.15, 0.2) is 0 Å². The SMILES string of the molecule is O=C(Nc1ccc(Br)cc1)[C@@H]1[C@H]2C=C[C@H]([C@H]3C[C@H]23)[C@@H]1C(=O)O. The zero-order valence-corrected chi connectivity index (χ0v) is 13.4. The Kier molecular flexibility index (Phi) is 3.15. The first-order valence-corrected chi connectivity index (χ1v) is 8.33. The summed E-state index contributed by atoms with van der Waals surface area (Å²) in [6.07, 6.45) is 5.17. The van der Waals surface area contributed by atoms with E-state index in [-0.39, 0.29) is 17.7 Å². The molecule has 1 amide bonds. The highest BCUT2D eigenvalue weighted by Crippen LogP contribution is 2.63. The molecule has 2 saturated carbocycles. The average molecular weight is 362 g/mol. The molecule has 5 heteroatoms. The van der Waals surface area contributed by atoms with Crippen LogP contribution in [0.1, 0.15) is 6.42 Å². The van der Waals surface area contributed by atoms with Crippen LogP contribution in [0, 0.1) is 35.5 Å². The number of carboxylic acids is 1. The van der Waals surface area contributed by atoms with Crippen LogP contribution >= 0.6 is 15.9 Å². The summed E-state index contributed by atoms with van der Waals surface area (Å²) < 4.78 is 0.939. The summed E-state index contributed by atoms with van der Waals surface area (Å²) >= 11 is 3.36. The number of anilines is 1. The Morgan fingerprint density at radius 3 is 2.23 bits per heavy atom. The minimum atomic E-state index is -0.847. The number of carboxylic acid groups (broad SMARTS) is 1. The molecule has 6 atom stereocenters. The van der Waals surface area contributed by atoms with Gasteiger partial charge in [0.25, 0.3) is 0 Å². The van der Waals surface area contributed by atoms with Gasteiger partial charge in [0.2, 0.25) is 5.91 Å². The number of carbonyl (C=O) groups is 2. The molecule has 4 aliphatic carbocycles. The van der Waals surface area contributed by atoms with Crippen molar-refractivity contribution in [2.75, 3.05) is 5.32 Å². The van der Waals surface area contributed by atoms with Crippen molar-refractivity contribution in [3.8, 4) is 0 Å². The van der Waals surface area contributed by atoms with Gasteiger partial charge in [-0.1, -0.05) is 28.1 Å². The number of benzene rings is 1. The lowest BCUT2D eigenvalue weighted by atomic mass is 9.62. The molecule has 0 radical (unpaired) electrons. The molecule has 5 rings (SSSR count). The van der Waals surface area contributed by atoms with Crippen LogP contribution in [0.25, 0.3) is 0 Å². The maximum atomic E-state index is 12.7. The molecule has 22 heavy (non-hydrogen) atoms. The number of rotatable bonds is 3. The average Bonchev–Trinajstić information content (AvgIpc) is 3.30. The van der Waals surface area contributed by atoms with Crippen molar-refractivity contribution in [3.05, 3.63) is 40.9 Å². The van der Waals surface area contributed by atoms with Crippen molar-refractivity contribution in [2.24, 2.45) is 35.5 Å². The fourth-order valence-electron chi connectivity index (χ4n) is 4.33. The summed E-state index contributed by atoms with van der Waals surface area (Å²) in [4.78, 5) is 24.4. The van der Waals surface area contributed by atoms with Crippen molar-refractivity contribution in [2.45, 2.75) is 6.42 Å². The number of halogens is 1. The lowest BCUT2D eigenvalue weighted by molar-refractivity contribution is -0.152. The predicted octanol–water partition coefficient (Wildman–Crippen LogP) is 3.16. The first kappa shape index (κ1) is 14.0. The highest BCUT2D eigenvalue weighted by molar-refractivity contribution is 9.10. The molecule has 0 unspecified atom stereocenters. The standard InChI is InChI=1S/C17H16BrNO3/c18-8-1-3-9(4-2-8)19-16(20)14-10-5-6-11(13-7-12(10)13)15(14)17(21)22/h1-6,10-15H,7H2,(H,19,20)(H,21,22)/t10-,11+,12+,13+,14+,15-/m0/s1. The number of hydrogen-bond donors (Lipinski definition) is 2. The Balaban J connectivity index is 1.60. The van der Waals surface area contributed by atoms with Crippen molar-refractivity contribution < 1.29 is 14.7 Å². The quantitative estimate of drug-likeness (QED) is 0.812. The van der Waals surface area contributed by atoms with Crippen LogP contribution < -0.4 is 5.32 Å². The van der Waals surface area contributed by atoms with Gasteiger partial charge in [-0.25, -0.2) is 0 Å². The van der Waals surface area contributed by atoms with Crippen molar-refractivity contribution >= 4 is 33.5 Å². The third kappa shape index (κ3) is 2.10. The number of aliphatic carboxylic acids is 1. The Bertz CT molecular complexity index is 669. The molecule has 0 heterocycles. The number of amides is 1. The number of hydrogen-bond acceptors (Lipinski definition) is 2. The third-order valence-corrected chi connectivity index (χ3v) is 5.88. The van der Waals surface area contributed by atoms with Gasteiger partial charge in [-0.05, 0) is 54.4 Å². The molecule has 2 fully saturated rings. The van der Waals surface area contributed by atoms with E-state index in [0.717, 1.165) is 10.9 Å². The Morgan fingerprint density at radius 1 is 1.05 bits per heavy atom. The van der Waals surface area contributed by atoms with Gasteiger partial charge in [-0.2, -0.15) is 0 Å². The van der Waals surface area contributed by atoms with Crippen LogP contribution in [-0.4, -0.2) is 17.0 Å². The van der Waals surface area contributed by atoms with E-state index in [4.69, 9.17) is 0 Å². The lowest BCUT2D eigenvalue weighted by Gasteiger charge is -2.41. The van der Waals surface area contributed by atoms with Crippen LogP contribution in [0.4, 0.5) is 5.69 Å². The molecular formula is C17H16BrNO3. The molecule has 1 aromatic carbocycles. The van der Waals surface area contributed by atoms with E-state index in [1.54, 1.807) is 0 Å². The summed E-state index contributed by atoms with van der Waals surface area (Å²) in [6.45, 7) is 0. The molecule has 0 aromatic heterocycles. The Hall–Kier alpha value is -1.62. The summed E-state index contributed by atoms with van der Waals surface area (Å²) in [7, 11) is 0. The number of fused-ring (bicyclic) bond motifs is 1. The molecule has 0 saturated heterocycles. The number of carbonyl (C=O) groups excluding carboxylic acids is 1. The molecule has 114 valence electrons. The Morgan fingerprint density at radius 2 is 1.64 bits per heavy atom. The zero-order valence-electron chi connectivity index (χ0n) is 11.8. The van der Waals surface area contributed by atoms with Gasteiger partial charge < -0.3 is 10.4 Å². The molecule has 1 aromatic rings. The van der Waals surface area contributed by atoms with Gasteiger partial charge in [0, 0.05) is 10.2 Å². The van der Waals surface area contributed by atoms with E-state index in [1.807, 2.05) is 30.3 Å². The van der Waals surface area contributed by atoms with Crippen LogP contribution in [0.5, 0.6) is 0 Å². The van der Waals surface area contributed by atoms with Crippen LogP contribution in [-0.2, 0) is 9.59 Å². The van der Waals surface area contributed by atoms with Crippen molar-refractivity contribution in [1.29, 1.82) is 0 Å². The molecule has 2 N–H and O–H groups in total. The second kappa shape index (κ2) is 4.95. The minimum absolute atomic E-state index is 0.0215. The number of allylic oxidation sites excluding steroid dienone is 2. The first-order valence-electron chi connectivity index (χ1n) is 7.54. The molecule has 0 spiro atoms. The molecular weight excluding hydrogens is 346 g/mol. The first-order chi connectivity index (χ1) is 10.6. The fraction of sp³-hybridized carbons (Fsp3) is 0.412. The molecule has 0 aliphatic heterocycles. The van der Waals surface area contributed by atoms with Crippen LogP contribution in [0.3, 0.4) is 0 Å². The molecule has 2 bridgehead atoms. The van der Waals surface area contributed by atoms with Crippen molar-refractivity contribution in [1.82, 2.24) is 0 Å². The third-order valence-electron chi connectivity index (χ3n) is 5.35. The van der Waals surface area contributed by atoms with E-state index >= 15 is 0 Å². The Labute approximate surface area is 136 Å². The molecule has 4 nitrogen and oxygen atoms in total. The van der Waals surface area contributed by atoms with Gasteiger partial charge in [0.1, 0.15) is 0 Å². The molecule has 4 aliphatic rings. The summed E-state index contributed by atoms with van der Waals surface area (Å²) in [5, 5.41) is 12.5. The second-order valence-corrected chi connectivity index (χ2v) is 7.40. The maximum Gasteiger partial charge on any atom is 0.307 e. The van der Waals surface area contributed by atoms with E-state index in [2.05, 4.69) is 27.3 Å². The summed E-state index contributed by atoms with van der Waals surface area (Å²) in [5.74, 6) is -0.979. The van der Waals surface area contributed by atoms with E-state index in [1.165, 1.54) is 0 Å². The fourth-order valence-corrected chi connectivity index (χ4v) is 4.59. The van der Waals surface area contributed by atoms with Crippen LogP contribution in [0.15, 0.2) is 40.9 Å². The highest BCUT2D eigenvalue weighted by atomic mass is 79.9. The van der Waals surface area contributed by atoms with Crippen LogP contribution in [0.2, 0.25) is 0 Å². The van der Waals surface area contributed by atoms with E-state index < -0.39 is 17.8 Å². The van der Waals surface area contributed by atoms with Crippen molar-refractivity contribution in [3.63, 3.8) is 0 Å². The predicted molar refractivity (Wildman–Crippen MR) is 85.1 cm³/mol. The topological polar surface area (TPSA) is 66.4 Å². The minimum Gasteiger partial charge on any atom is -0.481 e. The summed E-state index contributed by atoms with van der Waals surface area (Å²) in [5.41, 5.74) is 0.704. The number of nitrogens with one attached hydrogen (secondary N) is 1. The second-order valence-electron chi connectivity index (χ2n) is 6.49. The van der Waals surface area contributed by atoms with E-state index in [0.29, 0.717) is 17.5 Å². The zero-order chi connectivity index (χ0) is 15.4. The highest BCUT2D eigenvalue weighted by Gasteiger charge is 2.62. The monoisotopic (exact) mass is 361 g/mol. The lowest BCUT2D eigenvalue weighted by Crippen LogP contribution is -2.48. The van der Waals surface area contributed by atoms with Gasteiger partial charge in [-0.15, -0.1) is 0 Å². The smallest absolute Gasteiger partial charge is 0.307 e. The summed E-state index contributed by atoms with van der Waals surface area (Å²) in [6, 6.07) is 7.34. The maximum absolute atomic E-state index is 12.7. The largest absolute Gasteiger partial charge is 0.481 e. The van der Waals surface area contributed by atoms with Gasteiger partial charge in [-0.3, -0.25) is 9.59 Å². The van der Waals surface area contributed by atoms with Gasteiger partial charge >= 0.3 is 5.97 Å². The van der Waals surface area contributed by atoms with E-state index in [9.17, 15) is 14.7 Å². The van der Waals surface area contributed by atoms with Gasteiger partial charge in [0.05, 0.1) is 11.8 Å². The normalized spacial score (nSPS) is 37.5.